The molecule has 0 aromatic heterocycles. The lowest BCUT2D eigenvalue weighted by atomic mass is 9.96. The van der Waals surface area contributed by atoms with Gasteiger partial charge in [0.15, 0.2) is 0 Å². The Balaban J connectivity index is 2.38. The first-order chi connectivity index (χ1) is 9.33. The minimum atomic E-state index is -3.50. The van der Waals surface area contributed by atoms with Crippen molar-refractivity contribution < 1.29 is 8.42 Å². The fraction of sp³-hybridized carbons (Fsp3) is 0.600. The van der Waals surface area contributed by atoms with Crippen LogP contribution in [0.1, 0.15) is 48.8 Å². The minimum absolute atomic E-state index is 0.0642. The van der Waals surface area contributed by atoms with Crippen molar-refractivity contribution in [2.45, 2.75) is 63.8 Å². The van der Waals surface area contributed by atoms with Crippen LogP contribution in [-0.4, -0.2) is 14.5 Å². The summed E-state index contributed by atoms with van der Waals surface area (Å²) in [7, 11) is -3.50. The van der Waals surface area contributed by atoms with Crippen molar-refractivity contribution in [2.75, 3.05) is 5.73 Å². The molecule has 0 heterocycles. The van der Waals surface area contributed by atoms with Gasteiger partial charge in [-0.05, 0) is 56.4 Å². The number of sulfonamides is 1. The lowest BCUT2D eigenvalue weighted by molar-refractivity contribution is 0.412. The highest BCUT2D eigenvalue weighted by molar-refractivity contribution is 7.89. The van der Waals surface area contributed by atoms with E-state index in [9.17, 15) is 8.42 Å². The van der Waals surface area contributed by atoms with Crippen molar-refractivity contribution in [3.63, 3.8) is 0 Å². The molecule has 0 atom stereocenters. The molecule has 1 aromatic rings. The second kappa shape index (κ2) is 5.74. The van der Waals surface area contributed by atoms with Gasteiger partial charge in [-0.25, -0.2) is 13.1 Å². The first-order valence-electron chi connectivity index (χ1n) is 7.21. The van der Waals surface area contributed by atoms with Crippen LogP contribution in [0.4, 0.5) is 5.69 Å². The maximum absolute atomic E-state index is 12.7. The number of rotatable bonds is 3. The molecule has 4 nitrogen and oxygen atoms in total. The van der Waals surface area contributed by atoms with Crippen LogP contribution < -0.4 is 10.5 Å². The van der Waals surface area contributed by atoms with Crippen molar-refractivity contribution in [3.05, 3.63) is 22.8 Å². The third-order valence-electron chi connectivity index (χ3n) is 4.27. The Labute approximate surface area is 121 Å². The molecule has 0 saturated heterocycles. The summed E-state index contributed by atoms with van der Waals surface area (Å²) in [5.74, 6) is 0. The van der Waals surface area contributed by atoms with Crippen LogP contribution in [0, 0.1) is 20.8 Å². The van der Waals surface area contributed by atoms with E-state index < -0.39 is 10.0 Å². The SMILES string of the molecule is Cc1cc(N)c(C)c(S(=O)(=O)NC2CCCCC2)c1C. The Morgan fingerprint density at radius 1 is 1.10 bits per heavy atom. The fourth-order valence-corrected chi connectivity index (χ4v) is 4.82. The van der Waals surface area contributed by atoms with Crippen molar-refractivity contribution in [3.8, 4) is 0 Å². The second-order valence-electron chi connectivity index (χ2n) is 5.82. The summed E-state index contributed by atoms with van der Waals surface area (Å²) < 4.78 is 28.2. The number of aryl methyl sites for hydroxylation is 1. The molecule has 20 heavy (non-hydrogen) atoms. The zero-order chi connectivity index (χ0) is 14.9. The molecule has 0 unspecified atom stereocenters. The van der Waals surface area contributed by atoms with Gasteiger partial charge < -0.3 is 5.73 Å². The van der Waals surface area contributed by atoms with Crippen LogP contribution in [0.5, 0.6) is 0 Å². The molecule has 0 bridgehead atoms. The van der Waals surface area contributed by atoms with Gasteiger partial charge in [0.25, 0.3) is 0 Å². The average Bonchev–Trinajstić information content (AvgIpc) is 2.37. The van der Waals surface area contributed by atoms with Crippen molar-refractivity contribution in [1.82, 2.24) is 4.72 Å². The fourth-order valence-electron chi connectivity index (χ4n) is 2.94. The van der Waals surface area contributed by atoms with Gasteiger partial charge >= 0.3 is 0 Å². The van der Waals surface area contributed by atoms with E-state index in [4.69, 9.17) is 5.73 Å². The Hall–Kier alpha value is -1.07. The number of nitrogen functional groups attached to an aromatic ring is 1. The van der Waals surface area contributed by atoms with E-state index in [2.05, 4.69) is 4.72 Å². The Kier molecular flexibility index (Phi) is 4.39. The van der Waals surface area contributed by atoms with Crippen molar-refractivity contribution in [2.24, 2.45) is 0 Å². The monoisotopic (exact) mass is 296 g/mol. The highest BCUT2D eigenvalue weighted by atomic mass is 32.2. The molecule has 1 aliphatic rings. The molecule has 1 aliphatic carbocycles. The first kappa shape index (κ1) is 15.3. The van der Waals surface area contributed by atoms with Gasteiger partial charge in [-0.1, -0.05) is 19.3 Å². The van der Waals surface area contributed by atoms with Crippen LogP contribution >= 0.6 is 0 Å². The molecule has 112 valence electrons. The summed E-state index contributed by atoms with van der Waals surface area (Å²) >= 11 is 0. The number of hydrogen-bond acceptors (Lipinski definition) is 3. The summed E-state index contributed by atoms with van der Waals surface area (Å²) in [5, 5.41) is 0. The molecular weight excluding hydrogens is 272 g/mol. The lowest BCUT2D eigenvalue weighted by Crippen LogP contribution is -2.37. The van der Waals surface area contributed by atoms with Crippen LogP contribution in [0.3, 0.4) is 0 Å². The van der Waals surface area contributed by atoms with E-state index in [1.165, 1.54) is 6.42 Å². The van der Waals surface area contributed by atoms with Crippen molar-refractivity contribution >= 4 is 15.7 Å². The molecule has 1 aromatic carbocycles. The van der Waals surface area contributed by atoms with Gasteiger partial charge in [-0.3, -0.25) is 0 Å². The highest BCUT2D eigenvalue weighted by Crippen LogP contribution is 2.29. The number of benzene rings is 1. The number of anilines is 1. The van der Waals surface area contributed by atoms with Gasteiger partial charge in [0.1, 0.15) is 0 Å². The minimum Gasteiger partial charge on any atom is -0.398 e. The molecule has 5 heteroatoms. The lowest BCUT2D eigenvalue weighted by Gasteiger charge is -2.24. The van der Waals surface area contributed by atoms with Crippen LogP contribution in [0.15, 0.2) is 11.0 Å². The number of hydrogen-bond donors (Lipinski definition) is 2. The Morgan fingerprint density at radius 2 is 1.70 bits per heavy atom. The second-order valence-corrected chi connectivity index (χ2v) is 7.47. The van der Waals surface area contributed by atoms with E-state index in [0.29, 0.717) is 16.1 Å². The van der Waals surface area contributed by atoms with Gasteiger partial charge in [0.2, 0.25) is 10.0 Å². The summed E-state index contributed by atoms with van der Waals surface area (Å²) in [4.78, 5) is 0.362. The normalized spacial score (nSPS) is 17.4. The Morgan fingerprint density at radius 3 is 2.30 bits per heavy atom. The molecule has 0 amide bonds. The third-order valence-corrected chi connectivity index (χ3v) is 6.07. The van der Waals surface area contributed by atoms with E-state index in [1.807, 2.05) is 19.9 Å². The molecule has 0 spiro atoms. The zero-order valence-corrected chi connectivity index (χ0v) is 13.3. The number of nitrogens with one attached hydrogen (secondary N) is 1. The molecule has 0 aliphatic heterocycles. The van der Waals surface area contributed by atoms with Gasteiger partial charge in [-0.15, -0.1) is 0 Å². The zero-order valence-electron chi connectivity index (χ0n) is 12.5. The molecular formula is C15H24N2O2S. The predicted octanol–water partition coefficient (Wildman–Crippen LogP) is 2.81. The molecule has 1 saturated carbocycles. The average molecular weight is 296 g/mol. The molecule has 1 fully saturated rings. The van der Waals surface area contributed by atoms with Gasteiger partial charge in [0.05, 0.1) is 4.90 Å². The maximum atomic E-state index is 12.7. The summed E-state index contributed by atoms with van der Waals surface area (Å²) in [6.45, 7) is 5.51. The third kappa shape index (κ3) is 2.99. The molecule has 0 radical (unpaired) electrons. The Bertz CT molecular complexity index is 577. The van der Waals surface area contributed by atoms with Gasteiger partial charge in [0, 0.05) is 11.7 Å². The quantitative estimate of drug-likeness (QED) is 0.842. The topological polar surface area (TPSA) is 72.2 Å². The van der Waals surface area contributed by atoms with Crippen LogP contribution in [0.25, 0.3) is 0 Å². The number of nitrogens with two attached hydrogens (primary N) is 1. The van der Waals surface area contributed by atoms with E-state index in [0.717, 1.165) is 36.8 Å². The summed E-state index contributed by atoms with van der Waals surface area (Å²) in [6.07, 6.45) is 5.26. The summed E-state index contributed by atoms with van der Waals surface area (Å²) in [6, 6.07) is 1.90. The largest absolute Gasteiger partial charge is 0.398 e. The van der Waals surface area contributed by atoms with Crippen LogP contribution in [-0.2, 0) is 10.0 Å². The van der Waals surface area contributed by atoms with Crippen molar-refractivity contribution in [1.29, 1.82) is 0 Å². The van der Waals surface area contributed by atoms with E-state index in [1.54, 1.807) is 6.92 Å². The smallest absolute Gasteiger partial charge is 0.241 e. The first-order valence-corrected chi connectivity index (χ1v) is 8.70. The molecule has 3 N–H and O–H groups in total. The van der Waals surface area contributed by atoms with Crippen LogP contribution in [0.2, 0.25) is 0 Å². The van der Waals surface area contributed by atoms with E-state index in [-0.39, 0.29) is 6.04 Å². The maximum Gasteiger partial charge on any atom is 0.241 e. The molecule has 2 rings (SSSR count). The van der Waals surface area contributed by atoms with E-state index >= 15 is 0 Å². The highest BCUT2D eigenvalue weighted by Gasteiger charge is 2.26. The van der Waals surface area contributed by atoms with Gasteiger partial charge in [-0.2, -0.15) is 0 Å². The standard InChI is InChI=1S/C15H24N2O2S/c1-10-9-14(16)12(3)15(11(10)2)20(18,19)17-13-7-5-4-6-8-13/h9,13,17H,4-8,16H2,1-3H3. The summed E-state index contributed by atoms with van der Waals surface area (Å²) in [5.41, 5.74) is 8.82. The predicted molar refractivity (Wildman–Crippen MR) is 82.3 cm³/mol.